The third kappa shape index (κ3) is 6.60. The molecule has 0 heterocycles. The van der Waals surface area contributed by atoms with Crippen LogP contribution < -0.4 is 3.27 Å². The van der Waals surface area contributed by atoms with E-state index in [1.165, 1.54) is 50.1 Å². The van der Waals surface area contributed by atoms with E-state index in [9.17, 15) is 0 Å². The molecule has 0 bridgehead atoms. The Hall–Kier alpha value is -2.89. The molecule has 47 heavy (non-hydrogen) atoms. The zero-order valence-electron chi connectivity index (χ0n) is 30.9. The van der Waals surface area contributed by atoms with Gasteiger partial charge in [0.25, 0.3) is 0 Å². The maximum absolute atomic E-state index is 2.94. The number of benzene rings is 4. The van der Waals surface area contributed by atoms with E-state index in [0.717, 1.165) is 6.42 Å². The minimum absolute atomic E-state index is 0.0237. The van der Waals surface area contributed by atoms with Gasteiger partial charge in [0, 0.05) is 0 Å². The van der Waals surface area contributed by atoms with E-state index >= 15 is 0 Å². The molecule has 1 heteroatoms. The Labute approximate surface area is 293 Å². The molecular weight excluding hydrogens is 644 g/mol. The van der Waals surface area contributed by atoms with Crippen molar-refractivity contribution in [2.75, 3.05) is 0 Å². The van der Waals surface area contributed by atoms with Crippen molar-refractivity contribution in [1.29, 1.82) is 0 Å². The molecule has 0 aliphatic heterocycles. The van der Waals surface area contributed by atoms with Gasteiger partial charge < -0.3 is 0 Å². The molecule has 2 aliphatic carbocycles. The van der Waals surface area contributed by atoms with Crippen LogP contribution in [-0.2, 0) is 38.5 Å². The summed E-state index contributed by atoms with van der Waals surface area (Å²) in [5, 5.41) is 0. The second-order valence-corrected chi connectivity index (χ2v) is 23.0. The molecule has 4 aromatic carbocycles. The molecule has 0 nitrogen and oxygen atoms in total. The molecule has 0 aromatic heterocycles. The molecule has 0 radical (unpaired) electrons. The van der Waals surface area contributed by atoms with E-state index < -0.39 is 21.3 Å². The third-order valence-corrected chi connectivity index (χ3v) is 18.5. The molecule has 0 saturated heterocycles. The topological polar surface area (TPSA) is 0 Å². The number of hydrogen-bond donors (Lipinski definition) is 0. The Balaban J connectivity index is 1.77. The van der Waals surface area contributed by atoms with Crippen molar-refractivity contribution in [2.24, 2.45) is 11.3 Å². The van der Waals surface area contributed by atoms with Crippen LogP contribution in [0.5, 0.6) is 0 Å². The fraction of sp³-hybridized carbons (Fsp3) is 0.370. The first-order chi connectivity index (χ1) is 21.9. The normalized spacial score (nSPS) is 16.0. The van der Waals surface area contributed by atoms with Crippen molar-refractivity contribution in [3.63, 3.8) is 0 Å². The fourth-order valence-corrected chi connectivity index (χ4v) is 16.8. The van der Waals surface area contributed by atoms with Crippen LogP contribution in [0.25, 0.3) is 11.1 Å². The Morgan fingerprint density at radius 3 is 1.68 bits per heavy atom. The number of aryl methyl sites for hydroxylation is 2. The van der Waals surface area contributed by atoms with E-state index in [1.54, 1.807) is 20.9 Å². The van der Waals surface area contributed by atoms with Crippen LogP contribution in [0.2, 0.25) is 0 Å². The second-order valence-electron chi connectivity index (χ2n) is 17.3. The molecule has 0 saturated carbocycles. The summed E-state index contributed by atoms with van der Waals surface area (Å²) in [6.45, 7) is 28.3. The van der Waals surface area contributed by atoms with Crippen molar-refractivity contribution in [3.8, 4) is 11.1 Å². The van der Waals surface area contributed by atoms with Crippen molar-refractivity contribution in [1.82, 2.24) is 0 Å². The van der Waals surface area contributed by atoms with Crippen molar-refractivity contribution in [2.45, 2.75) is 100 Å². The van der Waals surface area contributed by atoms with Crippen LogP contribution in [0.4, 0.5) is 0 Å². The molecular formula is C46H54Zr. The summed E-state index contributed by atoms with van der Waals surface area (Å²) in [5.41, 5.74) is 16.1. The summed E-state index contributed by atoms with van der Waals surface area (Å²) in [6.07, 6.45) is 6.27. The first kappa shape index (κ1) is 34.0. The summed E-state index contributed by atoms with van der Waals surface area (Å²) in [4.78, 5) is 0. The quantitative estimate of drug-likeness (QED) is 0.175. The van der Waals surface area contributed by atoms with Crippen LogP contribution in [0, 0.1) is 25.2 Å². The van der Waals surface area contributed by atoms with E-state index in [1.807, 2.05) is 0 Å². The Kier molecular flexibility index (Phi) is 8.84. The van der Waals surface area contributed by atoms with E-state index in [0.29, 0.717) is 5.92 Å². The standard InChI is InChI=1S/C21H25.C15H14.C10H15.Zr/c1-20(2,3)16-7-9-18-14(12-16)11-15-13-17(21(4,5)6)8-10-19(15)18;1-12-3-7-14(8-4-12)11-15-9-5-13(2)6-10-15;1-8-5-6-9(7-8)10(2,3)4;/h7-10,12H,11H2,1-6H3;3-10H,1-2H3;6-8H,1-4H3;. The number of allylic oxidation sites excluding steroid dienone is 4. The van der Waals surface area contributed by atoms with Crippen LogP contribution in [-0.4, -0.2) is 3.21 Å². The van der Waals surface area contributed by atoms with Gasteiger partial charge in [-0.15, -0.1) is 0 Å². The van der Waals surface area contributed by atoms with Crippen LogP contribution >= 0.6 is 0 Å². The molecule has 6 rings (SSSR count). The van der Waals surface area contributed by atoms with E-state index in [-0.39, 0.29) is 16.2 Å². The van der Waals surface area contributed by atoms with Crippen molar-refractivity contribution >= 4 is 6.48 Å². The molecule has 1 atom stereocenters. The number of rotatable bonds is 4. The molecule has 1 unspecified atom stereocenters. The van der Waals surface area contributed by atoms with Crippen molar-refractivity contribution < 1.29 is 21.3 Å². The van der Waals surface area contributed by atoms with Crippen LogP contribution in [0.3, 0.4) is 0 Å². The van der Waals surface area contributed by atoms with Crippen molar-refractivity contribution in [3.05, 3.63) is 144 Å². The van der Waals surface area contributed by atoms with Gasteiger partial charge in [0.2, 0.25) is 0 Å². The van der Waals surface area contributed by atoms with Gasteiger partial charge in [-0.3, -0.25) is 0 Å². The summed E-state index contributed by atoms with van der Waals surface area (Å²) < 4.78 is 5.03. The summed E-state index contributed by atoms with van der Waals surface area (Å²) in [6, 6.07) is 31.2. The average molecular weight is 698 g/mol. The van der Waals surface area contributed by atoms with E-state index in [4.69, 9.17) is 0 Å². The van der Waals surface area contributed by atoms with Crippen LogP contribution in [0.15, 0.2) is 99.9 Å². The molecule has 0 spiro atoms. The third-order valence-electron chi connectivity index (χ3n) is 10.3. The minimum atomic E-state index is -2.94. The molecule has 4 aromatic rings. The average Bonchev–Trinajstić information content (AvgIpc) is 3.56. The summed E-state index contributed by atoms with van der Waals surface area (Å²) in [5.74, 6) is 0.421. The predicted molar refractivity (Wildman–Crippen MR) is 202 cm³/mol. The van der Waals surface area contributed by atoms with Gasteiger partial charge in [0.15, 0.2) is 0 Å². The van der Waals surface area contributed by atoms with Gasteiger partial charge in [-0.1, -0.05) is 0 Å². The fourth-order valence-electron chi connectivity index (χ4n) is 7.44. The molecule has 2 aliphatic rings. The molecule has 0 N–H and O–H groups in total. The number of hydrogen-bond acceptors (Lipinski definition) is 0. The van der Waals surface area contributed by atoms with Gasteiger partial charge in [0.05, 0.1) is 0 Å². The Morgan fingerprint density at radius 1 is 0.638 bits per heavy atom. The Bertz CT molecular complexity index is 1890. The van der Waals surface area contributed by atoms with Gasteiger partial charge in [-0.2, -0.15) is 0 Å². The summed E-state index contributed by atoms with van der Waals surface area (Å²) in [7, 11) is 0. The molecule has 0 amide bonds. The zero-order chi connectivity index (χ0) is 34.1. The SMILES string of the molecule is Cc1ccc([C](c2ccc(C)cc2)=[Zr]([C]2=CC(C(C)(C)C)=CC2C)[c]2c(C(C)(C)C)ccc3c2Cc2cc(C(C)(C)C)ccc2-3)cc1. The van der Waals surface area contributed by atoms with Gasteiger partial charge >= 0.3 is 295 Å². The predicted octanol–water partition coefficient (Wildman–Crippen LogP) is 11.5. The van der Waals surface area contributed by atoms with Gasteiger partial charge in [-0.05, 0) is 0 Å². The molecule has 0 fully saturated rings. The molecule has 242 valence electrons. The van der Waals surface area contributed by atoms with Gasteiger partial charge in [-0.25, -0.2) is 0 Å². The summed E-state index contributed by atoms with van der Waals surface area (Å²) >= 11 is -2.94. The number of fused-ring (bicyclic) bond motifs is 3. The zero-order valence-corrected chi connectivity index (χ0v) is 33.4. The first-order valence-corrected chi connectivity index (χ1v) is 21.3. The Morgan fingerprint density at radius 2 is 1.19 bits per heavy atom. The second kappa shape index (κ2) is 12.2. The van der Waals surface area contributed by atoms with E-state index in [2.05, 4.69) is 174 Å². The van der Waals surface area contributed by atoms with Gasteiger partial charge in [0.1, 0.15) is 0 Å². The monoisotopic (exact) mass is 696 g/mol. The van der Waals surface area contributed by atoms with Crippen LogP contribution in [0.1, 0.15) is 114 Å². The maximum atomic E-state index is 2.66. The first-order valence-electron chi connectivity index (χ1n) is 17.6.